The molecule has 1 amide bonds. The van der Waals surface area contributed by atoms with Crippen molar-refractivity contribution in [3.63, 3.8) is 0 Å². The molecular weight excluding hydrogens is 319 g/mol. The monoisotopic (exact) mass is 342 g/mol. The van der Waals surface area contributed by atoms with Crippen LogP contribution in [0.5, 0.6) is 11.5 Å². The van der Waals surface area contributed by atoms with Gasteiger partial charge in [0.2, 0.25) is 0 Å². The van der Waals surface area contributed by atoms with Gasteiger partial charge in [0, 0.05) is 30.8 Å². The van der Waals surface area contributed by atoms with Crippen LogP contribution >= 0.6 is 0 Å². The van der Waals surface area contributed by atoms with Crippen LogP contribution in [0.4, 0.5) is 4.39 Å². The van der Waals surface area contributed by atoms with Gasteiger partial charge in [0.15, 0.2) is 0 Å². The van der Waals surface area contributed by atoms with Crippen molar-refractivity contribution in [2.45, 2.75) is 25.8 Å². The number of halogens is 1. The third-order valence-electron chi connectivity index (χ3n) is 4.62. The third-order valence-corrected chi connectivity index (χ3v) is 4.62. The zero-order valence-electron chi connectivity index (χ0n) is 14.3. The van der Waals surface area contributed by atoms with Crippen molar-refractivity contribution in [2.75, 3.05) is 13.1 Å². The van der Waals surface area contributed by atoms with E-state index >= 15 is 0 Å². The Morgan fingerprint density at radius 3 is 2.68 bits per heavy atom. The molecule has 0 unspecified atom stereocenters. The summed E-state index contributed by atoms with van der Waals surface area (Å²) in [5, 5.41) is 0. The number of rotatable bonds is 4. The van der Waals surface area contributed by atoms with Crippen molar-refractivity contribution in [3.05, 3.63) is 59.9 Å². The van der Waals surface area contributed by atoms with Crippen LogP contribution in [-0.2, 0) is 0 Å². The molecule has 0 bridgehead atoms. The van der Waals surface area contributed by atoms with Crippen molar-refractivity contribution < 1.29 is 13.9 Å². The maximum atomic E-state index is 13.2. The largest absolute Gasteiger partial charge is 0.457 e. The molecule has 2 aromatic carbocycles. The molecule has 5 heteroatoms. The molecule has 0 aliphatic carbocycles. The van der Waals surface area contributed by atoms with Gasteiger partial charge < -0.3 is 15.4 Å². The minimum Gasteiger partial charge on any atom is -0.457 e. The molecule has 3 rings (SSSR count). The molecule has 1 fully saturated rings. The molecule has 132 valence electrons. The molecule has 1 aliphatic heterocycles. The van der Waals surface area contributed by atoms with Crippen molar-refractivity contribution >= 4 is 5.91 Å². The molecule has 0 aromatic heterocycles. The van der Waals surface area contributed by atoms with E-state index in [0.717, 1.165) is 19.4 Å². The first kappa shape index (κ1) is 17.4. The van der Waals surface area contributed by atoms with E-state index in [1.807, 2.05) is 11.8 Å². The second-order valence-electron chi connectivity index (χ2n) is 6.60. The first-order valence-electron chi connectivity index (χ1n) is 8.61. The number of nitrogens with two attached hydrogens (primary N) is 1. The number of piperidine rings is 1. The maximum absolute atomic E-state index is 13.2. The van der Waals surface area contributed by atoms with Gasteiger partial charge in [-0.2, -0.15) is 0 Å². The van der Waals surface area contributed by atoms with E-state index in [1.54, 1.807) is 36.4 Å². The lowest BCUT2D eigenvalue weighted by Gasteiger charge is -2.34. The van der Waals surface area contributed by atoms with Gasteiger partial charge in [-0.1, -0.05) is 6.07 Å². The molecule has 4 nitrogen and oxygen atoms in total. The topological polar surface area (TPSA) is 55.6 Å². The number of likely N-dealkylation sites (tertiary alicyclic amines) is 1. The minimum absolute atomic E-state index is 0.0163. The third kappa shape index (κ3) is 4.37. The van der Waals surface area contributed by atoms with Crippen LogP contribution in [0.15, 0.2) is 48.5 Å². The van der Waals surface area contributed by atoms with Gasteiger partial charge in [-0.05, 0) is 62.1 Å². The van der Waals surface area contributed by atoms with Gasteiger partial charge in [-0.3, -0.25) is 4.79 Å². The molecular formula is C20H23FN2O2. The van der Waals surface area contributed by atoms with Crippen LogP contribution in [0, 0.1) is 11.7 Å². The van der Waals surface area contributed by atoms with Crippen LogP contribution in [0.3, 0.4) is 0 Å². The predicted octanol–water partition coefficient (Wildman–Crippen LogP) is 3.82. The summed E-state index contributed by atoms with van der Waals surface area (Å²) in [4.78, 5) is 14.6. The fourth-order valence-corrected chi connectivity index (χ4v) is 3.14. The van der Waals surface area contributed by atoms with Crippen LogP contribution in [-0.4, -0.2) is 29.9 Å². The average Bonchev–Trinajstić information content (AvgIpc) is 2.62. The smallest absolute Gasteiger partial charge is 0.253 e. The summed E-state index contributed by atoms with van der Waals surface area (Å²) in [6.45, 7) is 3.47. The van der Waals surface area contributed by atoms with E-state index in [9.17, 15) is 9.18 Å². The number of hydrogen-bond donors (Lipinski definition) is 1. The Morgan fingerprint density at radius 2 is 2.00 bits per heavy atom. The van der Waals surface area contributed by atoms with Gasteiger partial charge >= 0.3 is 0 Å². The van der Waals surface area contributed by atoms with Gasteiger partial charge in [-0.15, -0.1) is 0 Å². The molecule has 1 aliphatic rings. The summed E-state index contributed by atoms with van der Waals surface area (Å²) < 4.78 is 18.8. The number of hydrogen-bond acceptors (Lipinski definition) is 3. The SMILES string of the molecule is C[C@H](N)[C@H]1CCCN(C(=O)c2ccc(Oc3cccc(F)c3)cc2)C1. The molecule has 2 N–H and O–H groups in total. The van der Waals surface area contributed by atoms with E-state index in [-0.39, 0.29) is 17.8 Å². The quantitative estimate of drug-likeness (QED) is 0.919. The van der Waals surface area contributed by atoms with E-state index in [4.69, 9.17) is 10.5 Å². The van der Waals surface area contributed by atoms with Gasteiger partial charge in [0.1, 0.15) is 17.3 Å². The second-order valence-corrected chi connectivity index (χ2v) is 6.60. The summed E-state index contributed by atoms with van der Waals surface area (Å²) in [5.74, 6) is 1.01. The second kappa shape index (κ2) is 7.66. The summed E-state index contributed by atoms with van der Waals surface area (Å²) in [7, 11) is 0. The summed E-state index contributed by atoms with van der Waals surface area (Å²) in [6, 6.07) is 13.0. The lowest BCUT2D eigenvalue weighted by Crippen LogP contribution is -2.45. The van der Waals surface area contributed by atoms with Gasteiger partial charge in [-0.25, -0.2) is 4.39 Å². The fourth-order valence-electron chi connectivity index (χ4n) is 3.14. The van der Waals surface area contributed by atoms with Crippen molar-refractivity contribution in [1.82, 2.24) is 4.90 Å². The molecule has 0 saturated carbocycles. The lowest BCUT2D eigenvalue weighted by molar-refractivity contribution is 0.0661. The fraction of sp³-hybridized carbons (Fsp3) is 0.350. The highest BCUT2D eigenvalue weighted by Gasteiger charge is 2.26. The average molecular weight is 342 g/mol. The molecule has 2 aromatic rings. The molecule has 2 atom stereocenters. The Balaban J connectivity index is 1.66. The zero-order chi connectivity index (χ0) is 17.8. The zero-order valence-corrected chi connectivity index (χ0v) is 14.3. The first-order chi connectivity index (χ1) is 12.0. The summed E-state index contributed by atoms with van der Waals surface area (Å²) in [5.41, 5.74) is 6.61. The van der Waals surface area contributed by atoms with Gasteiger partial charge in [0.05, 0.1) is 0 Å². The number of ether oxygens (including phenoxy) is 1. The van der Waals surface area contributed by atoms with Crippen LogP contribution in [0.1, 0.15) is 30.1 Å². The number of carbonyl (C=O) groups is 1. The molecule has 25 heavy (non-hydrogen) atoms. The van der Waals surface area contributed by atoms with Crippen LogP contribution in [0.2, 0.25) is 0 Å². The Kier molecular flexibility index (Phi) is 5.34. The molecule has 0 spiro atoms. The number of carbonyl (C=O) groups excluding carboxylic acids is 1. The first-order valence-corrected chi connectivity index (χ1v) is 8.61. The highest BCUT2D eigenvalue weighted by molar-refractivity contribution is 5.94. The van der Waals surface area contributed by atoms with Crippen molar-refractivity contribution in [2.24, 2.45) is 11.7 Å². The van der Waals surface area contributed by atoms with E-state index in [0.29, 0.717) is 29.5 Å². The predicted molar refractivity (Wildman–Crippen MR) is 95.2 cm³/mol. The Morgan fingerprint density at radius 1 is 1.24 bits per heavy atom. The molecule has 0 radical (unpaired) electrons. The maximum Gasteiger partial charge on any atom is 0.253 e. The lowest BCUT2D eigenvalue weighted by atomic mass is 9.92. The minimum atomic E-state index is -0.349. The van der Waals surface area contributed by atoms with Crippen LogP contribution < -0.4 is 10.5 Å². The Hall–Kier alpha value is -2.40. The Bertz CT molecular complexity index is 731. The summed E-state index contributed by atoms with van der Waals surface area (Å²) in [6.07, 6.45) is 2.06. The van der Waals surface area contributed by atoms with Crippen molar-refractivity contribution in [3.8, 4) is 11.5 Å². The molecule has 1 heterocycles. The van der Waals surface area contributed by atoms with Gasteiger partial charge in [0.25, 0.3) is 5.91 Å². The number of amides is 1. The highest BCUT2D eigenvalue weighted by Crippen LogP contribution is 2.24. The van der Waals surface area contributed by atoms with E-state index in [2.05, 4.69) is 0 Å². The standard InChI is InChI=1S/C20H23FN2O2/c1-14(22)16-4-3-11-23(13-16)20(24)15-7-9-18(10-8-15)25-19-6-2-5-17(21)12-19/h2,5-10,12,14,16H,3-4,11,13,22H2,1H3/t14-,16-/m0/s1. The Labute approximate surface area is 147 Å². The number of nitrogens with zero attached hydrogens (tertiary/aromatic N) is 1. The summed E-state index contributed by atoms with van der Waals surface area (Å²) >= 11 is 0. The highest BCUT2D eigenvalue weighted by atomic mass is 19.1. The van der Waals surface area contributed by atoms with Crippen molar-refractivity contribution in [1.29, 1.82) is 0 Å². The molecule has 1 saturated heterocycles. The van der Waals surface area contributed by atoms with E-state index in [1.165, 1.54) is 12.1 Å². The van der Waals surface area contributed by atoms with Crippen LogP contribution in [0.25, 0.3) is 0 Å². The number of benzene rings is 2. The normalized spacial score (nSPS) is 18.7. The van der Waals surface area contributed by atoms with E-state index < -0.39 is 0 Å².